The SMILES string of the molecule is CCN(Cc1ccco1)C(=O)c1n[nH]c(C2CC2)c1N. The largest absolute Gasteiger partial charge is 0.467 e. The number of hydrogen-bond acceptors (Lipinski definition) is 4. The molecule has 3 N–H and O–H groups in total. The van der Waals surface area contributed by atoms with Crippen molar-refractivity contribution in [3.05, 3.63) is 35.5 Å². The first kappa shape index (κ1) is 12.8. The molecule has 1 fully saturated rings. The van der Waals surface area contributed by atoms with Gasteiger partial charge in [0, 0.05) is 12.5 Å². The molecule has 20 heavy (non-hydrogen) atoms. The van der Waals surface area contributed by atoms with E-state index in [4.69, 9.17) is 10.2 Å². The first-order chi connectivity index (χ1) is 9.70. The molecular formula is C14H18N4O2. The minimum Gasteiger partial charge on any atom is -0.467 e. The fourth-order valence-corrected chi connectivity index (χ4v) is 2.28. The zero-order chi connectivity index (χ0) is 14.1. The maximum Gasteiger partial charge on any atom is 0.276 e. The lowest BCUT2D eigenvalue weighted by molar-refractivity contribution is 0.0736. The molecule has 6 nitrogen and oxygen atoms in total. The van der Waals surface area contributed by atoms with Gasteiger partial charge in [-0.1, -0.05) is 0 Å². The number of nitrogens with two attached hydrogens (primary N) is 1. The van der Waals surface area contributed by atoms with E-state index in [1.807, 2.05) is 19.1 Å². The highest BCUT2D eigenvalue weighted by Gasteiger charge is 2.31. The van der Waals surface area contributed by atoms with Crippen LogP contribution >= 0.6 is 0 Å². The zero-order valence-corrected chi connectivity index (χ0v) is 11.4. The molecule has 106 valence electrons. The van der Waals surface area contributed by atoms with E-state index < -0.39 is 0 Å². The number of hydrogen-bond donors (Lipinski definition) is 2. The van der Waals surface area contributed by atoms with Crippen LogP contribution in [0.15, 0.2) is 22.8 Å². The van der Waals surface area contributed by atoms with Crippen molar-refractivity contribution in [1.82, 2.24) is 15.1 Å². The van der Waals surface area contributed by atoms with Crippen molar-refractivity contribution >= 4 is 11.6 Å². The Hall–Kier alpha value is -2.24. The number of anilines is 1. The zero-order valence-electron chi connectivity index (χ0n) is 11.4. The summed E-state index contributed by atoms with van der Waals surface area (Å²) >= 11 is 0. The fraction of sp³-hybridized carbons (Fsp3) is 0.429. The Kier molecular flexibility index (Phi) is 3.22. The standard InChI is InChI=1S/C14H18N4O2/c1-2-18(8-10-4-3-7-20-10)14(19)13-11(15)12(16-17-13)9-5-6-9/h3-4,7,9H,2,5-6,8,15H2,1H3,(H,16,17). The third kappa shape index (κ3) is 2.29. The summed E-state index contributed by atoms with van der Waals surface area (Å²) in [7, 11) is 0. The molecule has 1 aliphatic carbocycles. The van der Waals surface area contributed by atoms with E-state index in [-0.39, 0.29) is 5.91 Å². The van der Waals surface area contributed by atoms with Crippen LogP contribution in [0.4, 0.5) is 5.69 Å². The number of rotatable bonds is 5. The average Bonchev–Trinajstić information content (AvgIpc) is 3.02. The van der Waals surface area contributed by atoms with E-state index in [2.05, 4.69) is 10.2 Å². The number of aromatic nitrogens is 2. The molecule has 0 atom stereocenters. The van der Waals surface area contributed by atoms with E-state index in [1.54, 1.807) is 11.2 Å². The topological polar surface area (TPSA) is 88.2 Å². The Bertz CT molecular complexity index is 599. The molecule has 0 bridgehead atoms. The molecule has 3 rings (SSSR count). The highest BCUT2D eigenvalue weighted by Crippen LogP contribution is 2.42. The van der Waals surface area contributed by atoms with Crippen molar-refractivity contribution in [3.63, 3.8) is 0 Å². The van der Waals surface area contributed by atoms with Gasteiger partial charge in [-0.2, -0.15) is 5.10 Å². The molecule has 0 spiro atoms. The van der Waals surface area contributed by atoms with Crippen molar-refractivity contribution in [2.75, 3.05) is 12.3 Å². The van der Waals surface area contributed by atoms with Crippen LogP contribution in [0.3, 0.4) is 0 Å². The number of aromatic amines is 1. The molecule has 2 aromatic heterocycles. The molecule has 2 heterocycles. The number of nitrogens with one attached hydrogen (secondary N) is 1. The van der Waals surface area contributed by atoms with Crippen LogP contribution in [-0.4, -0.2) is 27.5 Å². The molecule has 0 unspecified atom stereocenters. The second-order valence-electron chi connectivity index (χ2n) is 5.07. The van der Waals surface area contributed by atoms with Gasteiger partial charge >= 0.3 is 0 Å². The van der Waals surface area contributed by atoms with Gasteiger partial charge in [-0.15, -0.1) is 0 Å². The van der Waals surface area contributed by atoms with Crippen molar-refractivity contribution in [2.24, 2.45) is 0 Å². The molecule has 0 saturated heterocycles. The van der Waals surface area contributed by atoms with E-state index in [0.717, 1.165) is 24.3 Å². The third-order valence-corrected chi connectivity index (χ3v) is 3.62. The molecular weight excluding hydrogens is 256 g/mol. The Labute approximate surface area is 116 Å². The molecule has 1 aliphatic rings. The third-order valence-electron chi connectivity index (χ3n) is 3.62. The predicted octanol–water partition coefficient (Wildman–Crippen LogP) is 2.12. The fourth-order valence-electron chi connectivity index (χ4n) is 2.28. The van der Waals surface area contributed by atoms with Gasteiger partial charge in [0.2, 0.25) is 0 Å². The van der Waals surface area contributed by atoms with E-state index >= 15 is 0 Å². The minimum atomic E-state index is -0.162. The number of carbonyl (C=O) groups is 1. The highest BCUT2D eigenvalue weighted by molar-refractivity contribution is 5.97. The Morgan fingerprint density at radius 1 is 1.60 bits per heavy atom. The van der Waals surface area contributed by atoms with E-state index in [1.165, 1.54) is 0 Å². The van der Waals surface area contributed by atoms with Gasteiger partial charge < -0.3 is 15.1 Å². The smallest absolute Gasteiger partial charge is 0.276 e. The van der Waals surface area contributed by atoms with E-state index in [0.29, 0.717) is 30.4 Å². The molecule has 2 aromatic rings. The van der Waals surface area contributed by atoms with Gasteiger partial charge in [-0.3, -0.25) is 9.89 Å². The number of H-pyrrole nitrogens is 1. The lowest BCUT2D eigenvalue weighted by Crippen LogP contribution is -2.31. The summed E-state index contributed by atoms with van der Waals surface area (Å²) in [4.78, 5) is 14.2. The number of carbonyl (C=O) groups excluding carboxylic acids is 1. The second kappa shape index (κ2) is 5.03. The van der Waals surface area contributed by atoms with Gasteiger partial charge in [0.1, 0.15) is 5.76 Å². The van der Waals surface area contributed by atoms with Crippen LogP contribution in [0.1, 0.15) is 47.6 Å². The summed E-state index contributed by atoms with van der Waals surface area (Å²) in [6.07, 6.45) is 3.83. The molecule has 0 aliphatic heterocycles. The van der Waals surface area contributed by atoms with Crippen molar-refractivity contribution in [3.8, 4) is 0 Å². The Morgan fingerprint density at radius 2 is 2.40 bits per heavy atom. The van der Waals surface area contributed by atoms with Gasteiger partial charge in [-0.25, -0.2) is 0 Å². The van der Waals surface area contributed by atoms with Crippen LogP contribution in [0.25, 0.3) is 0 Å². The lowest BCUT2D eigenvalue weighted by Gasteiger charge is -2.18. The number of nitrogen functional groups attached to an aromatic ring is 1. The first-order valence-corrected chi connectivity index (χ1v) is 6.86. The van der Waals surface area contributed by atoms with Crippen LogP contribution in [0.5, 0.6) is 0 Å². The van der Waals surface area contributed by atoms with Gasteiger partial charge in [0.05, 0.1) is 24.2 Å². The number of furan rings is 1. The van der Waals surface area contributed by atoms with Crippen LogP contribution < -0.4 is 5.73 Å². The summed E-state index contributed by atoms with van der Waals surface area (Å²) in [6.45, 7) is 2.92. The summed E-state index contributed by atoms with van der Waals surface area (Å²) in [5.41, 5.74) is 7.77. The molecule has 0 radical (unpaired) electrons. The van der Waals surface area contributed by atoms with Crippen LogP contribution in [0.2, 0.25) is 0 Å². The summed E-state index contributed by atoms with van der Waals surface area (Å²) < 4.78 is 5.28. The van der Waals surface area contributed by atoms with Gasteiger partial charge in [0.25, 0.3) is 5.91 Å². The molecule has 1 amide bonds. The summed E-state index contributed by atoms with van der Waals surface area (Å²) in [5, 5.41) is 7.01. The number of amides is 1. The van der Waals surface area contributed by atoms with Crippen LogP contribution in [0, 0.1) is 0 Å². The summed E-state index contributed by atoms with van der Waals surface area (Å²) in [5.74, 6) is 1.03. The molecule has 6 heteroatoms. The summed E-state index contributed by atoms with van der Waals surface area (Å²) in [6, 6.07) is 3.65. The lowest BCUT2D eigenvalue weighted by atomic mass is 10.2. The Morgan fingerprint density at radius 3 is 3.00 bits per heavy atom. The minimum absolute atomic E-state index is 0.162. The van der Waals surface area contributed by atoms with Crippen molar-refractivity contribution in [1.29, 1.82) is 0 Å². The quantitative estimate of drug-likeness (QED) is 0.874. The van der Waals surface area contributed by atoms with Gasteiger partial charge in [-0.05, 0) is 31.9 Å². The first-order valence-electron chi connectivity index (χ1n) is 6.86. The number of nitrogens with zero attached hydrogens (tertiary/aromatic N) is 2. The van der Waals surface area contributed by atoms with Crippen molar-refractivity contribution in [2.45, 2.75) is 32.2 Å². The average molecular weight is 274 g/mol. The monoisotopic (exact) mass is 274 g/mol. The van der Waals surface area contributed by atoms with Crippen molar-refractivity contribution < 1.29 is 9.21 Å². The van der Waals surface area contributed by atoms with Crippen LogP contribution in [-0.2, 0) is 6.54 Å². The van der Waals surface area contributed by atoms with E-state index in [9.17, 15) is 4.79 Å². The normalized spacial score (nSPS) is 14.4. The van der Waals surface area contributed by atoms with Gasteiger partial charge in [0.15, 0.2) is 5.69 Å². The molecule has 1 saturated carbocycles. The second-order valence-corrected chi connectivity index (χ2v) is 5.07. The molecule has 0 aromatic carbocycles. The Balaban J connectivity index is 1.79. The maximum atomic E-state index is 12.5. The maximum absolute atomic E-state index is 12.5. The predicted molar refractivity (Wildman–Crippen MR) is 74.1 cm³/mol. The highest BCUT2D eigenvalue weighted by atomic mass is 16.3.